The molecule has 1 nitrogen and oxygen atoms in total. The van der Waals surface area contributed by atoms with E-state index < -0.39 is 11.7 Å². The Bertz CT molecular complexity index is 356. The van der Waals surface area contributed by atoms with Crippen molar-refractivity contribution in [1.82, 2.24) is 0 Å². The highest BCUT2D eigenvalue weighted by molar-refractivity contribution is 5.40. The Morgan fingerprint density at radius 1 is 1.38 bits per heavy atom. The lowest BCUT2D eigenvalue weighted by atomic mass is 9.99. The molecule has 1 aromatic carbocycles. The Kier molecular flexibility index (Phi) is 3.83. The molecule has 0 aliphatic rings. The zero-order valence-electron chi connectivity index (χ0n) is 9.27. The molecule has 0 N–H and O–H groups in total. The van der Waals surface area contributed by atoms with Crippen LogP contribution in [-0.2, 0) is 6.18 Å². The Morgan fingerprint density at radius 3 is 2.44 bits per heavy atom. The predicted molar refractivity (Wildman–Crippen MR) is 56.4 cm³/mol. The number of benzene rings is 1. The van der Waals surface area contributed by atoms with Crippen LogP contribution in [0.3, 0.4) is 0 Å². The Labute approximate surface area is 93.2 Å². The average Bonchev–Trinajstić information content (AvgIpc) is 2.16. The fourth-order valence-electron chi connectivity index (χ4n) is 1.40. The van der Waals surface area contributed by atoms with Crippen molar-refractivity contribution >= 4 is 0 Å². The maximum atomic E-state index is 12.5. The quantitative estimate of drug-likeness (QED) is 0.762. The zero-order chi connectivity index (χ0) is 12.3. The lowest BCUT2D eigenvalue weighted by Crippen LogP contribution is -2.07. The minimum absolute atomic E-state index is 0.246. The van der Waals surface area contributed by atoms with Crippen molar-refractivity contribution in [3.8, 4) is 5.75 Å². The van der Waals surface area contributed by atoms with E-state index in [9.17, 15) is 13.2 Å². The first-order valence-electron chi connectivity index (χ1n) is 5.03. The van der Waals surface area contributed by atoms with Gasteiger partial charge in [0.1, 0.15) is 5.75 Å². The summed E-state index contributed by atoms with van der Waals surface area (Å²) in [5.74, 6) is 0.224. The SMILES string of the molecule is [CH2]C(C)c1cc(C(F)(F)F)ccc1OCC. The molecule has 1 rings (SSSR count). The van der Waals surface area contributed by atoms with E-state index in [0.29, 0.717) is 17.9 Å². The molecule has 16 heavy (non-hydrogen) atoms. The van der Waals surface area contributed by atoms with Crippen LogP contribution >= 0.6 is 0 Å². The van der Waals surface area contributed by atoms with Crippen LogP contribution < -0.4 is 4.74 Å². The molecule has 0 aliphatic carbocycles. The molecule has 1 atom stereocenters. The van der Waals surface area contributed by atoms with Crippen LogP contribution in [0.25, 0.3) is 0 Å². The van der Waals surface area contributed by atoms with Crippen LogP contribution in [0.15, 0.2) is 18.2 Å². The van der Waals surface area contributed by atoms with Gasteiger partial charge in [-0.15, -0.1) is 0 Å². The van der Waals surface area contributed by atoms with E-state index in [1.54, 1.807) is 13.8 Å². The van der Waals surface area contributed by atoms with Crippen molar-refractivity contribution in [2.24, 2.45) is 0 Å². The molecule has 0 amide bonds. The third kappa shape index (κ3) is 2.90. The van der Waals surface area contributed by atoms with E-state index in [-0.39, 0.29) is 5.92 Å². The van der Waals surface area contributed by atoms with Crippen LogP contribution in [0, 0.1) is 6.92 Å². The van der Waals surface area contributed by atoms with Crippen LogP contribution in [-0.4, -0.2) is 6.61 Å². The second-order valence-corrected chi connectivity index (χ2v) is 3.58. The van der Waals surface area contributed by atoms with Gasteiger partial charge in [0.15, 0.2) is 0 Å². The molecule has 4 heteroatoms. The first-order valence-corrected chi connectivity index (χ1v) is 5.03. The molecular formula is C12H14F3O. The van der Waals surface area contributed by atoms with Crippen molar-refractivity contribution in [2.75, 3.05) is 6.61 Å². The predicted octanol–water partition coefficient (Wildman–Crippen LogP) is 4.04. The summed E-state index contributed by atoms with van der Waals surface area (Å²) >= 11 is 0. The molecule has 0 saturated carbocycles. The second-order valence-electron chi connectivity index (χ2n) is 3.58. The monoisotopic (exact) mass is 231 g/mol. The molecule has 0 aliphatic heterocycles. The highest BCUT2D eigenvalue weighted by atomic mass is 19.4. The third-order valence-electron chi connectivity index (χ3n) is 2.17. The number of ether oxygens (including phenoxy) is 1. The van der Waals surface area contributed by atoms with Crippen molar-refractivity contribution in [3.63, 3.8) is 0 Å². The molecule has 0 aromatic heterocycles. The summed E-state index contributed by atoms with van der Waals surface area (Å²) in [6.45, 7) is 7.67. The summed E-state index contributed by atoms with van der Waals surface area (Å²) in [5.41, 5.74) is -0.182. The first-order chi connectivity index (χ1) is 7.36. The van der Waals surface area contributed by atoms with Crippen LogP contribution in [0.4, 0.5) is 13.2 Å². The van der Waals surface area contributed by atoms with Gasteiger partial charge in [0.2, 0.25) is 0 Å². The molecular weight excluding hydrogens is 217 g/mol. The summed E-state index contributed by atoms with van der Waals surface area (Å²) in [7, 11) is 0. The van der Waals surface area contributed by atoms with Gasteiger partial charge < -0.3 is 4.74 Å². The van der Waals surface area contributed by atoms with E-state index in [2.05, 4.69) is 6.92 Å². The Balaban J connectivity index is 3.17. The number of alkyl halides is 3. The Morgan fingerprint density at radius 2 is 2.00 bits per heavy atom. The molecule has 1 radical (unpaired) electrons. The molecule has 89 valence electrons. The molecule has 1 unspecified atom stereocenters. The van der Waals surface area contributed by atoms with Crippen LogP contribution in [0.2, 0.25) is 0 Å². The van der Waals surface area contributed by atoms with Crippen LogP contribution in [0.5, 0.6) is 5.75 Å². The molecule has 0 spiro atoms. The molecule has 1 aromatic rings. The highest BCUT2D eigenvalue weighted by Crippen LogP contribution is 2.35. The lowest BCUT2D eigenvalue weighted by Gasteiger charge is -2.15. The molecule has 0 saturated heterocycles. The highest BCUT2D eigenvalue weighted by Gasteiger charge is 2.31. The maximum Gasteiger partial charge on any atom is 0.416 e. The number of hydrogen-bond donors (Lipinski definition) is 0. The van der Waals surface area contributed by atoms with Crippen LogP contribution in [0.1, 0.15) is 30.9 Å². The maximum absolute atomic E-state index is 12.5. The number of halogens is 3. The third-order valence-corrected chi connectivity index (χ3v) is 2.17. The van der Waals surface area contributed by atoms with Gasteiger partial charge in [-0.25, -0.2) is 0 Å². The first kappa shape index (κ1) is 12.9. The van der Waals surface area contributed by atoms with E-state index in [4.69, 9.17) is 4.74 Å². The summed E-state index contributed by atoms with van der Waals surface area (Å²) in [6, 6.07) is 3.48. The smallest absolute Gasteiger partial charge is 0.416 e. The minimum atomic E-state index is -4.33. The van der Waals surface area contributed by atoms with E-state index in [0.717, 1.165) is 12.1 Å². The van der Waals surface area contributed by atoms with Gasteiger partial charge >= 0.3 is 6.18 Å². The summed E-state index contributed by atoms with van der Waals surface area (Å²) in [4.78, 5) is 0. The van der Waals surface area contributed by atoms with Gasteiger partial charge in [0.05, 0.1) is 12.2 Å². The summed E-state index contributed by atoms with van der Waals surface area (Å²) < 4.78 is 42.7. The summed E-state index contributed by atoms with van der Waals surface area (Å²) in [5, 5.41) is 0. The second kappa shape index (κ2) is 4.76. The molecule has 0 fully saturated rings. The number of hydrogen-bond acceptors (Lipinski definition) is 1. The lowest BCUT2D eigenvalue weighted by molar-refractivity contribution is -0.137. The van der Waals surface area contributed by atoms with Gasteiger partial charge in [-0.3, -0.25) is 0 Å². The Hall–Kier alpha value is -1.19. The fourth-order valence-corrected chi connectivity index (χ4v) is 1.40. The standard InChI is InChI=1S/C12H14F3O/c1-4-16-11-6-5-9(12(13,14)15)7-10(11)8(2)3/h5-8H,2,4H2,1,3H3. The topological polar surface area (TPSA) is 9.23 Å². The normalized spacial score (nSPS) is 11.9. The molecule has 0 heterocycles. The van der Waals surface area contributed by atoms with E-state index >= 15 is 0 Å². The van der Waals surface area contributed by atoms with Gasteiger partial charge in [0, 0.05) is 0 Å². The minimum Gasteiger partial charge on any atom is -0.494 e. The zero-order valence-corrected chi connectivity index (χ0v) is 9.27. The van der Waals surface area contributed by atoms with E-state index in [1.807, 2.05) is 0 Å². The largest absolute Gasteiger partial charge is 0.494 e. The van der Waals surface area contributed by atoms with Gasteiger partial charge in [0.25, 0.3) is 0 Å². The summed E-state index contributed by atoms with van der Waals surface area (Å²) in [6.07, 6.45) is -4.33. The van der Waals surface area contributed by atoms with Gasteiger partial charge in [-0.1, -0.05) is 6.92 Å². The molecule has 0 bridgehead atoms. The van der Waals surface area contributed by atoms with Crippen molar-refractivity contribution in [3.05, 3.63) is 36.2 Å². The van der Waals surface area contributed by atoms with Gasteiger partial charge in [-0.2, -0.15) is 13.2 Å². The van der Waals surface area contributed by atoms with E-state index in [1.165, 1.54) is 6.07 Å². The average molecular weight is 231 g/mol. The van der Waals surface area contributed by atoms with Crippen molar-refractivity contribution in [1.29, 1.82) is 0 Å². The van der Waals surface area contributed by atoms with Crippen molar-refractivity contribution < 1.29 is 17.9 Å². The number of rotatable bonds is 3. The van der Waals surface area contributed by atoms with Crippen molar-refractivity contribution in [2.45, 2.75) is 25.9 Å². The van der Waals surface area contributed by atoms with Gasteiger partial charge in [-0.05, 0) is 43.5 Å². The fraction of sp³-hybridized carbons (Fsp3) is 0.417.